The number of hydrogen-bond acceptors (Lipinski definition) is 4. The molecule has 7 heteroatoms. The van der Waals surface area contributed by atoms with E-state index in [0.717, 1.165) is 5.56 Å². The van der Waals surface area contributed by atoms with Crippen LogP contribution in [0.2, 0.25) is 0 Å². The van der Waals surface area contributed by atoms with Gasteiger partial charge in [0.05, 0.1) is 17.8 Å². The Labute approximate surface area is 144 Å². The molecular formula is C18H17F2N3O2. The second-order valence-corrected chi connectivity index (χ2v) is 5.40. The zero-order valence-corrected chi connectivity index (χ0v) is 13.6. The highest BCUT2D eigenvalue weighted by atomic mass is 19.3. The molecule has 25 heavy (non-hydrogen) atoms. The summed E-state index contributed by atoms with van der Waals surface area (Å²) < 4.78 is 28.5. The van der Waals surface area contributed by atoms with Gasteiger partial charge in [-0.25, -0.2) is 0 Å². The predicted molar refractivity (Wildman–Crippen MR) is 89.2 cm³/mol. The first-order chi connectivity index (χ1) is 12.0. The number of anilines is 1. The SMILES string of the molecule is CN(CC(=O)Nc1ccccc1C#N)Cc1ccc(OC(F)F)cc1. The number of halogens is 2. The Balaban J connectivity index is 1.88. The maximum atomic E-state index is 12.1. The van der Waals surface area contributed by atoms with E-state index in [-0.39, 0.29) is 18.2 Å². The highest BCUT2D eigenvalue weighted by molar-refractivity contribution is 5.93. The summed E-state index contributed by atoms with van der Waals surface area (Å²) in [5.41, 5.74) is 1.72. The van der Waals surface area contributed by atoms with Gasteiger partial charge in [0, 0.05) is 6.54 Å². The standard InChI is InChI=1S/C18H17F2N3O2/c1-23(11-13-6-8-15(9-7-13)25-18(19)20)12-17(24)22-16-5-3-2-4-14(16)10-21/h2-9,18H,11-12H2,1H3,(H,22,24). The van der Waals surface area contributed by atoms with Crippen LogP contribution in [0.5, 0.6) is 5.75 Å². The minimum atomic E-state index is -2.85. The van der Waals surface area contributed by atoms with Gasteiger partial charge in [-0.3, -0.25) is 9.69 Å². The number of para-hydroxylation sites is 1. The Kier molecular flexibility index (Phi) is 6.43. The van der Waals surface area contributed by atoms with Crippen LogP contribution in [-0.2, 0) is 11.3 Å². The number of ether oxygens (including phenoxy) is 1. The molecule has 0 atom stereocenters. The predicted octanol–water partition coefficient (Wildman–Crippen LogP) is 3.23. The van der Waals surface area contributed by atoms with Crippen molar-refractivity contribution in [2.24, 2.45) is 0 Å². The highest BCUT2D eigenvalue weighted by Crippen LogP contribution is 2.16. The number of alkyl halides is 2. The number of amides is 1. The Morgan fingerprint density at radius 1 is 1.24 bits per heavy atom. The van der Waals surface area contributed by atoms with E-state index in [1.165, 1.54) is 12.1 Å². The van der Waals surface area contributed by atoms with E-state index < -0.39 is 6.61 Å². The van der Waals surface area contributed by atoms with Gasteiger partial charge in [0.15, 0.2) is 0 Å². The fourth-order valence-corrected chi connectivity index (χ4v) is 2.27. The first kappa shape index (κ1) is 18.4. The molecule has 0 saturated heterocycles. The van der Waals surface area contributed by atoms with Crippen molar-refractivity contribution >= 4 is 11.6 Å². The molecule has 0 bridgehead atoms. The second kappa shape index (κ2) is 8.76. The summed E-state index contributed by atoms with van der Waals surface area (Å²) in [7, 11) is 1.76. The van der Waals surface area contributed by atoms with Crippen molar-refractivity contribution in [2.75, 3.05) is 18.9 Å². The van der Waals surface area contributed by atoms with Crippen molar-refractivity contribution in [1.29, 1.82) is 5.26 Å². The molecule has 0 aliphatic carbocycles. The molecule has 0 spiro atoms. The molecule has 130 valence electrons. The maximum absolute atomic E-state index is 12.1. The number of hydrogen-bond donors (Lipinski definition) is 1. The molecule has 0 aromatic heterocycles. The lowest BCUT2D eigenvalue weighted by molar-refractivity contribution is -0.117. The Bertz CT molecular complexity index is 758. The number of carbonyl (C=O) groups excluding carboxylic acids is 1. The Hall–Kier alpha value is -2.98. The zero-order chi connectivity index (χ0) is 18.2. The largest absolute Gasteiger partial charge is 0.435 e. The van der Waals surface area contributed by atoms with Crippen LogP contribution in [0.4, 0.5) is 14.5 Å². The van der Waals surface area contributed by atoms with Gasteiger partial charge >= 0.3 is 6.61 Å². The maximum Gasteiger partial charge on any atom is 0.387 e. The molecule has 1 amide bonds. The molecule has 0 aliphatic heterocycles. The molecule has 5 nitrogen and oxygen atoms in total. The van der Waals surface area contributed by atoms with Gasteiger partial charge < -0.3 is 10.1 Å². The average molecular weight is 345 g/mol. The van der Waals surface area contributed by atoms with E-state index in [1.807, 2.05) is 6.07 Å². The second-order valence-electron chi connectivity index (χ2n) is 5.40. The lowest BCUT2D eigenvalue weighted by atomic mass is 10.2. The fraction of sp³-hybridized carbons (Fsp3) is 0.222. The van der Waals surface area contributed by atoms with Crippen LogP contribution in [0.3, 0.4) is 0 Å². The lowest BCUT2D eigenvalue weighted by Gasteiger charge is -2.17. The molecule has 1 N–H and O–H groups in total. The minimum absolute atomic E-state index is 0.0901. The summed E-state index contributed by atoms with van der Waals surface area (Å²) in [6.07, 6.45) is 0. The van der Waals surface area contributed by atoms with Gasteiger partial charge in [-0.15, -0.1) is 0 Å². The number of benzene rings is 2. The van der Waals surface area contributed by atoms with E-state index in [9.17, 15) is 13.6 Å². The summed E-state index contributed by atoms with van der Waals surface area (Å²) in [5.74, 6) is -0.157. The molecular weight excluding hydrogens is 328 g/mol. The normalized spacial score (nSPS) is 10.6. The summed E-state index contributed by atoms with van der Waals surface area (Å²) in [6.45, 7) is -2.27. The van der Waals surface area contributed by atoms with Gasteiger partial charge in [0.2, 0.25) is 5.91 Å². The minimum Gasteiger partial charge on any atom is -0.435 e. The molecule has 0 unspecified atom stereocenters. The van der Waals surface area contributed by atoms with Crippen molar-refractivity contribution in [3.63, 3.8) is 0 Å². The first-order valence-electron chi connectivity index (χ1n) is 7.49. The molecule has 0 radical (unpaired) electrons. The fourth-order valence-electron chi connectivity index (χ4n) is 2.27. The van der Waals surface area contributed by atoms with E-state index >= 15 is 0 Å². The average Bonchev–Trinajstić information content (AvgIpc) is 2.56. The molecule has 0 fully saturated rings. The summed E-state index contributed by atoms with van der Waals surface area (Å²) in [5, 5.41) is 11.7. The van der Waals surface area contributed by atoms with Crippen molar-refractivity contribution in [3.8, 4) is 11.8 Å². The van der Waals surface area contributed by atoms with Crippen molar-refractivity contribution in [3.05, 3.63) is 59.7 Å². The number of nitrogens with one attached hydrogen (secondary N) is 1. The van der Waals surface area contributed by atoms with E-state index in [0.29, 0.717) is 17.8 Å². The van der Waals surface area contributed by atoms with E-state index in [4.69, 9.17) is 5.26 Å². The molecule has 0 saturated carbocycles. The number of nitrogens with zero attached hydrogens (tertiary/aromatic N) is 2. The van der Waals surface area contributed by atoms with E-state index in [1.54, 1.807) is 48.3 Å². The van der Waals surface area contributed by atoms with Gasteiger partial charge in [-0.05, 0) is 36.9 Å². The van der Waals surface area contributed by atoms with E-state index in [2.05, 4.69) is 10.1 Å². The zero-order valence-electron chi connectivity index (χ0n) is 13.6. The summed E-state index contributed by atoms with van der Waals surface area (Å²) in [4.78, 5) is 13.9. The molecule has 0 heterocycles. The molecule has 2 aromatic carbocycles. The highest BCUT2D eigenvalue weighted by Gasteiger charge is 2.10. The summed E-state index contributed by atoms with van der Waals surface area (Å²) >= 11 is 0. The van der Waals surface area contributed by atoms with Crippen LogP contribution in [0.25, 0.3) is 0 Å². The third-order valence-electron chi connectivity index (χ3n) is 3.34. The third-order valence-corrected chi connectivity index (χ3v) is 3.34. The van der Waals surface area contributed by atoms with Crippen LogP contribution >= 0.6 is 0 Å². The smallest absolute Gasteiger partial charge is 0.387 e. The third kappa shape index (κ3) is 5.86. The Morgan fingerprint density at radius 2 is 1.92 bits per heavy atom. The molecule has 2 aromatic rings. The monoisotopic (exact) mass is 345 g/mol. The molecule has 0 aliphatic rings. The quantitative estimate of drug-likeness (QED) is 0.837. The topological polar surface area (TPSA) is 65.4 Å². The van der Waals surface area contributed by atoms with Crippen LogP contribution < -0.4 is 10.1 Å². The van der Waals surface area contributed by atoms with Crippen LogP contribution in [0.1, 0.15) is 11.1 Å². The lowest BCUT2D eigenvalue weighted by Crippen LogP contribution is -2.30. The van der Waals surface area contributed by atoms with Gasteiger partial charge in [0.25, 0.3) is 0 Å². The number of nitriles is 1. The van der Waals surface area contributed by atoms with Crippen LogP contribution in [0, 0.1) is 11.3 Å². The van der Waals surface area contributed by atoms with Crippen molar-refractivity contribution in [2.45, 2.75) is 13.2 Å². The Morgan fingerprint density at radius 3 is 2.56 bits per heavy atom. The van der Waals surface area contributed by atoms with Gasteiger partial charge in [0.1, 0.15) is 11.8 Å². The number of rotatable bonds is 7. The van der Waals surface area contributed by atoms with Crippen molar-refractivity contribution in [1.82, 2.24) is 4.90 Å². The number of likely N-dealkylation sites (N-methyl/N-ethyl adjacent to an activating group) is 1. The molecule has 2 rings (SSSR count). The first-order valence-corrected chi connectivity index (χ1v) is 7.49. The van der Waals surface area contributed by atoms with Crippen LogP contribution in [0.15, 0.2) is 48.5 Å². The van der Waals surface area contributed by atoms with Gasteiger partial charge in [-0.2, -0.15) is 14.0 Å². The van der Waals surface area contributed by atoms with Crippen LogP contribution in [-0.4, -0.2) is 31.0 Å². The summed E-state index contributed by atoms with van der Waals surface area (Å²) in [6, 6.07) is 15.0. The van der Waals surface area contributed by atoms with Crippen molar-refractivity contribution < 1.29 is 18.3 Å². The van der Waals surface area contributed by atoms with Gasteiger partial charge in [-0.1, -0.05) is 24.3 Å². The number of carbonyl (C=O) groups is 1.